The Hall–Kier alpha value is -3.82. The maximum Gasteiger partial charge on any atom is 0.274 e. The van der Waals surface area contributed by atoms with Crippen LogP contribution in [0.1, 0.15) is 35.4 Å². The first-order valence-electron chi connectivity index (χ1n) is 11.3. The number of fused-ring (bicyclic) bond motifs is 2. The smallest absolute Gasteiger partial charge is 0.274 e. The fourth-order valence-corrected chi connectivity index (χ4v) is 5.12. The van der Waals surface area contributed by atoms with E-state index in [0.717, 1.165) is 29.7 Å². The molecule has 1 aliphatic carbocycles. The molecular formula is C23H24N8O2. The van der Waals surface area contributed by atoms with Crippen LogP contribution < -0.4 is 15.8 Å². The molecule has 1 aliphatic heterocycles. The zero-order valence-electron chi connectivity index (χ0n) is 18.2. The van der Waals surface area contributed by atoms with Crippen molar-refractivity contribution in [2.24, 2.45) is 11.8 Å². The van der Waals surface area contributed by atoms with Crippen molar-refractivity contribution in [3.8, 4) is 0 Å². The highest BCUT2D eigenvalue weighted by atomic mass is 16.2. The molecule has 2 unspecified atom stereocenters. The molecule has 0 spiro atoms. The number of carbonyl (C=O) groups is 1. The van der Waals surface area contributed by atoms with Gasteiger partial charge in [-0.25, -0.2) is 14.5 Å². The van der Waals surface area contributed by atoms with Crippen LogP contribution in [0.5, 0.6) is 0 Å². The monoisotopic (exact) mass is 444 g/mol. The van der Waals surface area contributed by atoms with E-state index < -0.39 is 0 Å². The van der Waals surface area contributed by atoms with Crippen molar-refractivity contribution in [2.75, 3.05) is 18.0 Å². The van der Waals surface area contributed by atoms with Gasteiger partial charge in [-0.1, -0.05) is 0 Å². The van der Waals surface area contributed by atoms with Crippen LogP contribution in [0.2, 0.25) is 0 Å². The lowest BCUT2D eigenvalue weighted by molar-refractivity contribution is 0.0943. The van der Waals surface area contributed by atoms with Crippen LogP contribution in [-0.2, 0) is 0 Å². The van der Waals surface area contributed by atoms with E-state index in [-0.39, 0.29) is 23.2 Å². The van der Waals surface area contributed by atoms with Gasteiger partial charge >= 0.3 is 0 Å². The third-order valence-electron chi connectivity index (χ3n) is 6.81. The number of H-pyrrole nitrogens is 1. The standard InChI is InChI=1S/C23H24N8O2/c1-13-11-31-19(23(33)28-13)8-17(29-31)22(32)25-10-20-15(14-2-3-14)5-7-30(20)21-16-4-6-24-9-18(16)26-12-27-21/h4,6,8-9,11-12,14-15,20H,2-3,5,7,10H2,1H3,(H,25,32)(H,28,33). The van der Waals surface area contributed by atoms with Gasteiger partial charge in [0.2, 0.25) is 0 Å². The number of hydrogen-bond donors (Lipinski definition) is 2. The fourth-order valence-electron chi connectivity index (χ4n) is 5.12. The second kappa shape index (κ2) is 7.65. The predicted molar refractivity (Wildman–Crippen MR) is 122 cm³/mol. The SMILES string of the molecule is Cc1cn2nc(C(=O)NCC3C(C4CC4)CCN3c3ncnc4cnccc34)cc2c(=O)[nH]1. The number of hydrogen-bond acceptors (Lipinski definition) is 7. The zero-order chi connectivity index (χ0) is 22.5. The maximum atomic E-state index is 13.0. The van der Waals surface area contributed by atoms with Crippen molar-refractivity contribution >= 4 is 28.1 Å². The molecule has 2 N–H and O–H groups in total. The van der Waals surface area contributed by atoms with Gasteiger partial charge in [-0.05, 0) is 44.1 Å². The van der Waals surface area contributed by atoms with E-state index >= 15 is 0 Å². The van der Waals surface area contributed by atoms with Crippen molar-refractivity contribution in [3.63, 3.8) is 0 Å². The quantitative estimate of drug-likeness (QED) is 0.481. The molecule has 1 saturated carbocycles. The van der Waals surface area contributed by atoms with Crippen LogP contribution in [0.4, 0.5) is 5.82 Å². The van der Waals surface area contributed by atoms with Crippen LogP contribution in [0.15, 0.2) is 41.8 Å². The normalized spacial score (nSPS) is 20.6. The zero-order valence-corrected chi connectivity index (χ0v) is 18.2. The van der Waals surface area contributed by atoms with Crippen molar-refractivity contribution in [1.29, 1.82) is 0 Å². The van der Waals surface area contributed by atoms with Gasteiger partial charge in [0.1, 0.15) is 17.7 Å². The van der Waals surface area contributed by atoms with E-state index in [1.54, 1.807) is 31.8 Å². The molecule has 33 heavy (non-hydrogen) atoms. The molecule has 1 amide bonds. The van der Waals surface area contributed by atoms with E-state index in [2.05, 4.69) is 35.3 Å². The van der Waals surface area contributed by atoms with Gasteiger partial charge < -0.3 is 15.2 Å². The predicted octanol–water partition coefficient (Wildman–Crippen LogP) is 1.70. The molecule has 10 nitrogen and oxygen atoms in total. The lowest BCUT2D eigenvalue weighted by Crippen LogP contribution is -2.44. The third kappa shape index (κ3) is 3.51. The first kappa shape index (κ1) is 19.8. The van der Waals surface area contributed by atoms with Crippen LogP contribution >= 0.6 is 0 Å². The molecule has 1 saturated heterocycles. The Balaban J connectivity index is 1.27. The summed E-state index contributed by atoms with van der Waals surface area (Å²) in [5.41, 5.74) is 1.82. The average Bonchev–Trinajstić information content (AvgIpc) is 3.42. The number of rotatable bonds is 5. The van der Waals surface area contributed by atoms with E-state index in [1.807, 2.05) is 6.07 Å². The third-order valence-corrected chi connectivity index (χ3v) is 6.81. The molecule has 5 heterocycles. The van der Waals surface area contributed by atoms with Gasteiger partial charge in [-0.3, -0.25) is 14.6 Å². The second-order valence-electron chi connectivity index (χ2n) is 8.98. The van der Waals surface area contributed by atoms with Crippen LogP contribution in [-0.4, -0.2) is 54.6 Å². The fraction of sp³-hybridized carbons (Fsp3) is 0.391. The van der Waals surface area contributed by atoms with Gasteiger partial charge in [0.25, 0.3) is 11.5 Å². The number of aromatic amines is 1. The Morgan fingerprint density at radius 2 is 2.15 bits per heavy atom. The van der Waals surface area contributed by atoms with Gasteiger partial charge in [0.15, 0.2) is 5.69 Å². The summed E-state index contributed by atoms with van der Waals surface area (Å²) in [7, 11) is 0. The van der Waals surface area contributed by atoms with Crippen LogP contribution in [0.3, 0.4) is 0 Å². The number of nitrogens with one attached hydrogen (secondary N) is 2. The van der Waals surface area contributed by atoms with Crippen LogP contribution in [0, 0.1) is 18.8 Å². The summed E-state index contributed by atoms with van der Waals surface area (Å²) in [6.45, 7) is 3.15. The summed E-state index contributed by atoms with van der Waals surface area (Å²) >= 11 is 0. The minimum atomic E-state index is -0.283. The highest BCUT2D eigenvalue weighted by Gasteiger charge is 2.44. The molecule has 6 rings (SSSR count). The Bertz CT molecular complexity index is 1420. The highest BCUT2D eigenvalue weighted by Crippen LogP contribution is 2.45. The lowest BCUT2D eigenvalue weighted by atomic mass is 9.94. The van der Waals surface area contributed by atoms with Gasteiger partial charge in [0.05, 0.1) is 17.8 Å². The molecule has 2 aliphatic rings. The van der Waals surface area contributed by atoms with Gasteiger partial charge in [0, 0.05) is 42.6 Å². The molecule has 2 fully saturated rings. The first-order valence-corrected chi connectivity index (χ1v) is 11.3. The summed E-state index contributed by atoms with van der Waals surface area (Å²) in [5.74, 6) is 1.81. The lowest BCUT2D eigenvalue weighted by Gasteiger charge is -2.30. The number of pyridine rings is 1. The minimum Gasteiger partial charge on any atom is -0.351 e. The van der Waals surface area contributed by atoms with Crippen molar-refractivity contribution in [2.45, 2.75) is 32.2 Å². The summed E-state index contributed by atoms with van der Waals surface area (Å²) in [6, 6.07) is 3.61. The van der Waals surface area contributed by atoms with Crippen LogP contribution in [0.25, 0.3) is 16.4 Å². The highest BCUT2D eigenvalue weighted by molar-refractivity contribution is 5.93. The number of carbonyl (C=O) groups excluding carboxylic acids is 1. The number of anilines is 1. The Labute approximate surface area is 189 Å². The van der Waals surface area contributed by atoms with E-state index in [4.69, 9.17) is 0 Å². The van der Waals surface area contributed by atoms with E-state index in [0.29, 0.717) is 29.6 Å². The molecular weight excluding hydrogens is 420 g/mol. The molecule has 0 aromatic carbocycles. The molecule has 0 radical (unpaired) electrons. The number of nitrogens with zero attached hydrogens (tertiary/aromatic N) is 6. The number of amides is 1. The Morgan fingerprint density at radius 1 is 1.27 bits per heavy atom. The van der Waals surface area contributed by atoms with Gasteiger partial charge in [-0.15, -0.1) is 0 Å². The Kier molecular flexibility index (Phi) is 4.60. The summed E-state index contributed by atoms with van der Waals surface area (Å²) < 4.78 is 1.46. The Morgan fingerprint density at radius 3 is 3.00 bits per heavy atom. The van der Waals surface area contributed by atoms with Crippen molar-refractivity contribution < 1.29 is 4.79 Å². The second-order valence-corrected chi connectivity index (χ2v) is 8.98. The number of aryl methyl sites for hydroxylation is 1. The molecule has 4 aromatic rings. The summed E-state index contributed by atoms with van der Waals surface area (Å²) in [6.07, 6.45) is 10.3. The molecule has 4 aromatic heterocycles. The molecule has 0 bridgehead atoms. The average molecular weight is 444 g/mol. The largest absolute Gasteiger partial charge is 0.351 e. The van der Waals surface area contributed by atoms with Crippen molar-refractivity contribution in [3.05, 3.63) is 58.8 Å². The van der Waals surface area contributed by atoms with E-state index in [9.17, 15) is 9.59 Å². The van der Waals surface area contributed by atoms with Crippen molar-refractivity contribution in [1.82, 2.24) is 34.9 Å². The molecule has 2 atom stereocenters. The summed E-state index contributed by atoms with van der Waals surface area (Å²) in [4.78, 5) is 43.3. The molecule has 10 heteroatoms. The maximum absolute atomic E-state index is 13.0. The number of aromatic nitrogens is 6. The summed E-state index contributed by atoms with van der Waals surface area (Å²) in [5, 5.41) is 8.35. The van der Waals surface area contributed by atoms with E-state index in [1.165, 1.54) is 23.4 Å². The van der Waals surface area contributed by atoms with Gasteiger partial charge in [-0.2, -0.15) is 5.10 Å². The molecule has 168 valence electrons. The first-order chi connectivity index (χ1) is 16.1. The minimum absolute atomic E-state index is 0.135. The topological polar surface area (TPSA) is 121 Å².